The number of fused-ring (bicyclic) bond motifs is 2. The number of aromatic carboxylic acids is 1. The van der Waals surface area contributed by atoms with Crippen LogP contribution in [0.4, 0.5) is 5.82 Å². The fourth-order valence-electron chi connectivity index (χ4n) is 5.85. The molecular weight excluding hydrogens is 720 g/mol. The van der Waals surface area contributed by atoms with Gasteiger partial charge in [-0.2, -0.15) is 0 Å². The number of carboxylic acid groups (broad SMARTS) is 1. The number of aromatic nitrogens is 5. The number of pyridine rings is 1. The van der Waals surface area contributed by atoms with Crippen molar-refractivity contribution in [1.82, 2.24) is 34.7 Å². The number of halogens is 1. The molecule has 1 aliphatic rings. The summed E-state index contributed by atoms with van der Waals surface area (Å²) in [7, 11) is 3.18. The largest absolute Gasteiger partial charge is 0.489 e. The van der Waals surface area contributed by atoms with Gasteiger partial charge in [0, 0.05) is 45.6 Å². The monoisotopic (exact) mass is 764 g/mol. The van der Waals surface area contributed by atoms with Crippen LogP contribution in [0.5, 0.6) is 11.5 Å². The third kappa shape index (κ3) is 10.4. The maximum atomic E-state index is 13.4. The van der Waals surface area contributed by atoms with E-state index in [1.54, 1.807) is 55.2 Å². The molecule has 4 heterocycles. The predicted molar refractivity (Wildman–Crippen MR) is 203 cm³/mol. The van der Waals surface area contributed by atoms with Crippen LogP contribution >= 0.6 is 11.6 Å². The summed E-state index contributed by atoms with van der Waals surface area (Å²) in [6.45, 7) is 7.68. The second-order valence-corrected chi connectivity index (χ2v) is 13.1. The summed E-state index contributed by atoms with van der Waals surface area (Å²) < 4.78 is 22.9. The molecule has 288 valence electrons. The highest BCUT2D eigenvalue weighted by Gasteiger charge is 2.26. The van der Waals surface area contributed by atoms with Crippen LogP contribution in [0.3, 0.4) is 0 Å². The van der Waals surface area contributed by atoms with Crippen molar-refractivity contribution in [3.05, 3.63) is 71.4 Å². The average molecular weight is 765 g/mol. The van der Waals surface area contributed by atoms with E-state index in [4.69, 9.17) is 35.7 Å². The molecule has 5 aromatic rings. The van der Waals surface area contributed by atoms with Crippen LogP contribution in [-0.2, 0) is 20.8 Å². The van der Waals surface area contributed by atoms with Crippen LogP contribution in [-0.4, -0.2) is 118 Å². The van der Waals surface area contributed by atoms with Crippen molar-refractivity contribution in [3.8, 4) is 11.5 Å². The Balaban J connectivity index is 0.000000274. The second-order valence-electron chi connectivity index (χ2n) is 12.7. The molecule has 4 N–H and O–H groups in total. The first-order valence-corrected chi connectivity index (χ1v) is 17.9. The summed E-state index contributed by atoms with van der Waals surface area (Å²) in [6, 6.07) is 14.5. The fourth-order valence-corrected chi connectivity index (χ4v) is 5.96. The number of ether oxygens (including phenoxy) is 4. The number of H-pyrrole nitrogens is 1. The van der Waals surface area contributed by atoms with Crippen LogP contribution < -0.4 is 20.1 Å². The van der Waals surface area contributed by atoms with Gasteiger partial charge in [0.15, 0.2) is 0 Å². The minimum Gasteiger partial charge on any atom is -0.489 e. The molecule has 2 amide bonds. The highest BCUT2D eigenvalue weighted by Crippen LogP contribution is 2.27. The number of amides is 2. The van der Waals surface area contributed by atoms with Crippen LogP contribution in [0.2, 0.25) is 5.02 Å². The van der Waals surface area contributed by atoms with E-state index in [-0.39, 0.29) is 36.0 Å². The van der Waals surface area contributed by atoms with Gasteiger partial charge in [0.25, 0.3) is 5.91 Å². The van der Waals surface area contributed by atoms with E-state index in [0.717, 1.165) is 25.9 Å². The Morgan fingerprint density at radius 1 is 0.926 bits per heavy atom. The van der Waals surface area contributed by atoms with Gasteiger partial charge >= 0.3 is 5.97 Å². The number of rotatable bonds is 15. The lowest BCUT2D eigenvalue weighted by Crippen LogP contribution is -2.47. The molecule has 0 bridgehead atoms. The number of hydrogen-bond donors (Lipinski definition) is 4. The summed E-state index contributed by atoms with van der Waals surface area (Å²) in [6.07, 6.45) is 3.17. The second kappa shape index (κ2) is 19.2. The summed E-state index contributed by atoms with van der Waals surface area (Å²) >= 11 is 5.89. The molecule has 0 atom stereocenters. The van der Waals surface area contributed by atoms with E-state index in [2.05, 4.69) is 49.3 Å². The van der Waals surface area contributed by atoms with Gasteiger partial charge in [0.05, 0.1) is 29.3 Å². The van der Waals surface area contributed by atoms with Gasteiger partial charge in [-0.15, -0.1) is 0 Å². The van der Waals surface area contributed by atoms with Gasteiger partial charge in [-0.3, -0.25) is 9.59 Å². The molecule has 0 saturated carbocycles. The average Bonchev–Trinajstić information content (AvgIpc) is 3.77. The highest BCUT2D eigenvalue weighted by atomic mass is 35.5. The first-order valence-electron chi connectivity index (χ1n) is 17.5. The maximum absolute atomic E-state index is 13.4. The van der Waals surface area contributed by atoms with Crippen LogP contribution in [0, 0.1) is 0 Å². The minimum atomic E-state index is -1.09. The lowest BCUT2D eigenvalue weighted by atomic mass is 10.0. The molecule has 6 rings (SSSR count). The normalized spacial score (nSPS) is 13.4. The number of likely N-dealkylation sites (tertiary alicyclic amines) is 1. The number of carbonyl (C=O) groups is 3. The zero-order valence-corrected chi connectivity index (χ0v) is 31.4. The lowest BCUT2D eigenvalue weighted by molar-refractivity contribution is -0.116. The van der Waals surface area contributed by atoms with Gasteiger partial charge in [0.2, 0.25) is 17.6 Å². The fraction of sp³-hybridized carbons (Fsp3) is 0.405. The Bertz CT molecular complexity index is 2030. The van der Waals surface area contributed by atoms with Crippen molar-refractivity contribution in [2.24, 2.45) is 0 Å². The Morgan fingerprint density at radius 3 is 2.20 bits per heavy atom. The number of hydrogen-bond acceptors (Lipinski definition) is 11. The molecule has 2 aromatic carbocycles. The number of methoxy groups -OCH3 is 2. The number of piperidine rings is 1. The Morgan fingerprint density at radius 2 is 1.59 bits per heavy atom. The summed E-state index contributed by atoms with van der Waals surface area (Å²) in [5.41, 5.74) is 2.28. The Labute approximate surface area is 317 Å². The molecule has 16 nitrogen and oxygen atoms in total. The van der Waals surface area contributed by atoms with Crippen molar-refractivity contribution < 1.29 is 38.4 Å². The van der Waals surface area contributed by atoms with Crippen molar-refractivity contribution >= 4 is 57.3 Å². The number of carbonyl (C=O) groups excluding carboxylic acids is 2. The van der Waals surface area contributed by atoms with E-state index in [9.17, 15) is 14.4 Å². The van der Waals surface area contributed by atoms with Crippen molar-refractivity contribution in [1.29, 1.82) is 0 Å². The van der Waals surface area contributed by atoms with E-state index >= 15 is 0 Å². The number of benzene rings is 2. The van der Waals surface area contributed by atoms with Crippen molar-refractivity contribution in [2.75, 3.05) is 59.1 Å². The van der Waals surface area contributed by atoms with Gasteiger partial charge < -0.3 is 49.1 Å². The molecule has 0 spiro atoms. The topological polar surface area (TPSA) is 195 Å². The van der Waals surface area contributed by atoms with E-state index in [0.29, 0.717) is 76.9 Å². The molecule has 3 aromatic heterocycles. The summed E-state index contributed by atoms with van der Waals surface area (Å²) in [4.78, 5) is 55.0. The Hall–Kier alpha value is -5.29. The zero-order valence-electron chi connectivity index (χ0n) is 30.6. The number of imidazole rings is 2. The van der Waals surface area contributed by atoms with Crippen molar-refractivity contribution in [3.63, 3.8) is 0 Å². The van der Waals surface area contributed by atoms with Gasteiger partial charge in [-0.05, 0) is 63.1 Å². The Kier molecular flexibility index (Phi) is 14.2. The van der Waals surface area contributed by atoms with Crippen LogP contribution in [0.1, 0.15) is 47.9 Å². The van der Waals surface area contributed by atoms with Crippen molar-refractivity contribution in [2.45, 2.75) is 45.3 Å². The third-order valence-corrected chi connectivity index (χ3v) is 8.83. The van der Waals surface area contributed by atoms with Crippen LogP contribution in [0.25, 0.3) is 22.1 Å². The quantitative estimate of drug-likeness (QED) is 0.108. The number of aromatic amines is 1. The van der Waals surface area contributed by atoms with E-state index in [1.807, 2.05) is 12.1 Å². The maximum Gasteiger partial charge on any atom is 0.371 e. The van der Waals surface area contributed by atoms with E-state index < -0.39 is 5.97 Å². The van der Waals surface area contributed by atoms with Gasteiger partial charge in [-0.1, -0.05) is 23.7 Å². The summed E-state index contributed by atoms with van der Waals surface area (Å²) in [5.74, 6) is -0.269. The zero-order chi connectivity index (χ0) is 38.6. The molecule has 54 heavy (non-hydrogen) atoms. The first-order chi connectivity index (χ1) is 26.1. The molecule has 1 fully saturated rings. The minimum absolute atomic E-state index is 0.0419. The number of nitrogens with one attached hydrogen (secondary N) is 3. The molecule has 0 radical (unpaired) electrons. The molecule has 1 saturated heterocycles. The van der Waals surface area contributed by atoms with E-state index in [1.165, 1.54) is 6.20 Å². The summed E-state index contributed by atoms with van der Waals surface area (Å²) in [5, 5.41) is 15.2. The van der Waals surface area contributed by atoms with Gasteiger partial charge in [0.1, 0.15) is 48.1 Å². The number of carboxylic acids is 1. The molecular formula is C37H45ClN8O8. The SMILES string of the molecule is COCCOc1cccc2[nH]c(C(=O)O)nc12.COCCOc1cccc2c1nc(C(=O)NC1CCN(C(C)C)CC1)n2CC(=O)Nc1ccc(Cl)cn1. The van der Waals surface area contributed by atoms with Crippen LogP contribution in [0.15, 0.2) is 54.7 Å². The molecule has 1 aliphatic heterocycles. The smallest absolute Gasteiger partial charge is 0.371 e. The number of nitrogens with zero attached hydrogens (tertiary/aromatic N) is 5. The molecule has 17 heteroatoms. The number of para-hydroxylation sites is 2. The standard InChI is InChI=1S/C26H33ClN6O4.C11H12N2O4/c1-17(2)32-11-9-19(10-12-32)29-26(35)25-31-24-20(5-4-6-21(24)37-14-13-36-3)33(25)16-23(34)30-22-8-7-18(27)15-28-22;1-16-5-6-17-8-4-2-3-7-9(8)13-10(12-7)11(14)15/h4-8,15,17,19H,9-14,16H2,1-3H3,(H,29,35)(H,28,30,34);2-4H,5-6H2,1H3,(H,12,13)(H,14,15). The lowest BCUT2D eigenvalue weighted by Gasteiger charge is -2.34. The molecule has 0 aliphatic carbocycles. The highest BCUT2D eigenvalue weighted by molar-refractivity contribution is 6.30. The van der Waals surface area contributed by atoms with Gasteiger partial charge in [-0.25, -0.2) is 19.7 Å². The number of anilines is 1. The predicted octanol–water partition coefficient (Wildman–Crippen LogP) is 4.64. The molecule has 0 unspecified atom stereocenters. The first kappa shape index (κ1) is 39.9. The third-order valence-electron chi connectivity index (χ3n) is 8.60.